The topological polar surface area (TPSA) is 92.3 Å². The van der Waals surface area contributed by atoms with E-state index in [1.807, 2.05) is 41.5 Å². The summed E-state index contributed by atoms with van der Waals surface area (Å²) in [5, 5.41) is 0. The minimum absolute atomic E-state index is 0.296. The van der Waals surface area contributed by atoms with Gasteiger partial charge in [0, 0.05) is 64.6 Å². The Morgan fingerprint density at radius 2 is 0.771 bits per heavy atom. The molecule has 0 unspecified atom stereocenters. The van der Waals surface area contributed by atoms with Gasteiger partial charge in [0.1, 0.15) is 0 Å². The molecule has 0 bridgehead atoms. The van der Waals surface area contributed by atoms with Crippen LogP contribution in [-0.2, 0) is 45.5 Å². The van der Waals surface area contributed by atoms with Crippen molar-refractivity contribution in [2.45, 2.75) is 79.1 Å². The fourth-order valence-corrected chi connectivity index (χ4v) is 9.53. The van der Waals surface area contributed by atoms with Crippen molar-refractivity contribution in [2.24, 2.45) is 5.41 Å². The van der Waals surface area contributed by atoms with Gasteiger partial charge in [0.25, 0.3) is 0 Å². The Kier molecular flexibility index (Phi) is 14.4. The van der Waals surface area contributed by atoms with E-state index in [2.05, 4.69) is 0 Å². The lowest BCUT2D eigenvalue weighted by Gasteiger charge is -2.44. The van der Waals surface area contributed by atoms with Crippen molar-refractivity contribution in [3.05, 3.63) is 0 Å². The average Bonchev–Trinajstić information content (AvgIpc) is 2.85. The summed E-state index contributed by atoms with van der Waals surface area (Å²) in [6.45, 7) is 17.2. The maximum atomic E-state index is 6.07. The first kappa shape index (κ1) is 31.3. The molecule has 2 heterocycles. The molecule has 0 saturated carbocycles. The van der Waals surface area contributed by atoms with E-state index in [4.69, 9.17) is 45.5 Å². The van der Waals surface area contributed by atoms with Gasteiger partial charge in [0.05, 0.1) is 31.8 Å². The molecular weight excluding hydrogens is 492 g/mol. The Labute approximate surface area is 213 Å². The molecular formula is C23H48O10Si2. The van der Waals surface area contributed by atoms with Gasteiger partial charge in [-0.2, -0.15) is 0 Å². The molecule has 0 amide bonds. The maximum Gasteiger partial charge on any atom is 0.501 e. The Balaban J connectivity index is 1.79. The van der Waals surface area contributed by atoms with Crippen LogP contribution in [0.25, 0.3) is 0 Å². The third-order valence-electron chi connectivity index (χ3n) is 5.86. The normalized spacial score (nSPS) is 25.9. The number of hydrogen-bond donors (Lipinski definition) is 0. The summed E-state index contributed by atoms with van der Waals surface area (Å²) in [4.78, 5) is 0. The molecule has 2 aliphatic rings. The van der Waals surface area contributed by atoms with Gasteiger partial charge >= 0.3 is 17.6 Å². The molecule has 208 valence electrons. The van der Waals surface area contributed by atoms with Crippen LogP contribution in [0.4, 0.5) is 0 Å². The zero-order valence-electron chi connectivity index (χ0n) is 22.6. The van der Waals surface area contributed by atoms with E-state index >= 15 is 0 Å². The van der Waals surface area contributed by atoms with Crippen LogP contribution >= 0.6 is 0 Å². The second kappa shape index (κ2) is 16.1. The molecule has 0 aromatic rings. The van der Waals surface area contributed by atoms with Crippen LogP contribution in [-0.4, -0.2) is 96.3 Å². The van der Waals surface area contributed by atoms with Gasteiger partial charge in [-0.05, 0) is 41.5 Å². The lowest BCUT2D eigenvalue weighted by Crippen LogP contribution is -2.53. The van der Waals surface area contributed by atoms with E-state index in [-0.39, 0.29) is 18.0 Å². The zero-order valence-corrected chi connectivity index (χ0v) is 24.6. The van der Waals surface area contributed by atoms with Crippen molar-refractivity contribution >= 4 is 17.6 Å². The second-order valence-corrected chi connectivity index (χ2v) is 14.1. The first-order valence-corrected chi connectivity index (χ1v) is 17.1. The highest BCUT2D eigenvalue weighted by Gasteiger charge is 2.46. The molecule has 35 heavy (non-hydrogen) atoms. The van der Waals surface area contributed by atoms with Crippen LogP contribution in [0, 0.1) is 5.41 Å². The molecule has 0 aliphatic carbocycles. The van der Waals surface area contributed by atoms with E-state index in [0.29, 0.717) is 91.0 Å². The van der Waals surface area contributed by atoms with Crippen LogP contribution in [0.3, 0.4) is 0 Å². The van der Waals surface area contributed by atoms with Gasteiger partial charge in [-0.25, -0.2) is 0 Å². The predicted octanol–water partition coefficient (Wildman–Crippen LogP) is 3.60. The number of rotatable bonds is 18. The van der Waals surface area contributed by atoms with Gasteiger partial charge in [-0.15, -0.1) is 0 Å². The van der Waals surface area contributed by atoms with Crippen molar-refractivity contribution < 1.29 is 45.5 Å². The van der Waals surface area contributed by atoms with Crippen LogP contribution in [0.5, 0.6) is 0 Å². The lowest BCUT2D eigenvalue weighted by molar-refractivity contribution is -0.303. The second-order valence-electron chi connectivity index (χ2n) is 8.64. The Morgan fingerprint density at radius 3 is 1.00 bits per heavy atom. The van der Waals surface area contributed by atoms with Crippen molar-refractivity contribution in [3.8, 4) is 0 Å². The fourth-order valence-electron chi connectivity index (χ4n) is 4.35. The van der Waals surface area contributed by atoms with Gasteiger partial charge in [-0.3, -0.25) is 0 Å². The third kappa shape index (κ3) is 9.69. The first-order chi connectivity index (χ1) is 16.9. The number of ether oxygens (including phenoxy) is 4. The van der Waals surface area contributed by atoms with Crippen molar-refractivity contribution in [2.75, 3.05) is 66.1 Å². The Hall–Kier alpha value is 0.0338. The van der Waals surface area contributed by atoms with Gasteiger partial charge in [0.2, 0.25) is 0 Å². The van der Waals surface area contributed by atoms with Crippen LogP contribution in [0.1, 0.15) is 54.4 Å². The van der Waals surface area contributed by atoms with E-state index in [9.17, 15) is 0 Å². The fraction of sp³-hybridized carbons (Fsp3) is 1.00. The summed E-state index contributed by atoms with van der Waals surface area (Å²) in [6.07, 6.45) is 0.681. The van der Waals surface area contributed by atoms with Crippen molar-refractivity contribution in [1.29, 1.82) is 0 Å². The number of hydrogen-bond acceptors (Lipinski definition) is 10. The predicted molar refractivity (Wildman–Crippen MR) is 134 cm³/mol. The monoisotopic (exact) mass is 540 g/mol. The molecule has 0 atom stereocenters. The Bertz CT molecular complexity index is 469. The summed E-state index contributed by atoms with van der Waals surface area (Å²) in [5.41, 5.74) is -0.296. The van der Waals surface area contributed by atoms with Crippen molar-refractivity contribution in [3.63, 3.8) is 0 Å². The molecule has 0 N–H and O–H groups in total. The molecule has 2 rings (SSSR count). The van der Waals surface area contributed by atoms with Gasteiger partial charge in [0.15, 0.2) is 12.6 Å². The molecule has 2 fully saturated rings. The van der Waals surface area contributed by atoms with E-state index in [1.165, 1.54) is 0 Å². The third-order valence-corrected chi connectivity index (χ3v) is 12.0. The smallest absolute Gasteiger partial charge is 0.374 e. The highest BCUT2D eigenvalue weighted by Crippen LogP contribution is 2.33. The maximum absolute atomic E-state index is 6.07. The average molecular weight is 541 g/mol. The van der Waals surface area contributed by atoms with Gasteiger partial charge < -0.3 is 45.5 Å². The quantitative estimate of drug-likeness (QED) is 0.240. The molecule has 1 spiro atoms. The minimum atomic E-state index is -2.72. The minimum Gasteiger partial charge on any atom is -0.374 e. The Morgan fingerprint density at radius 1 is 0.514 bits per heavy atom. The SMILES string of the molecule is CCO[Si](CCC1OCC2(CO1)COC(CC[Si](OCC)(OCC)OCC)OC2)(OCC)OCC. The molecule has 0 radical (unpaired) electrons. The lowest BCUT2D eigenvalue weighted by atomic mass is 9.90. The van der Waals surface area contributed by atoms with Crippen LogP contribution < -0.4 is 0 Å². The van der Waals surface area contributed by atoms with E-state index < -0.39 is 17.6 Å². The molecule has 12 heteroatoms. The molecule has 0 aromatic carbocycles. The molecule has 2 saturated heterocycles. The standard InChI is InChI=1S/C23H48O10Si2/c1-7-28-34(29-8-2,30-9-3)15-13-21-24-17-23(18-25-21)19-26-22(27-20-23)14-16-35(31-10-4,32-11-5)33-12-6/h21-22H,7-20H2,1-6H3. The summed E-state index contributed by atoms with van der Waals surface area (Å²) in [6, 6.07) is 1.31. The molecule has 0 aromatic heterocycles. The van der Waals surface area contributed by atoms with E-state index in [0.717, 1.165) is 0 Å². The highest BCUT2D eigenvalue weighted by molar-refractivity contribution is 6.61. The molecule has 10 nitrogen and oxygen atoms in total. The largest absolute Gasteiger partial charge is 0.501 e. The summed E-state index contributed by atoms with van der Waals surface area (Å²) >= 11 is 0. The van der Waals surface area contributed by atoms with Crippen LogP contribution in [0.2, 0.25) is 12.1 Å². The molecule has 2 aliphatic heterocycles. The van der Waals surface area contributed by atoms with Gasteiger partial charge in [-0.1, -0.05) is 0 Å². The summed E-state index contributed by atoms with van der Waals surface area (Å²) in [5.74, 6) is 0. The zero-order chi connectivity index (χ0) is 25.6. The van der Waals surface area contributed by atoms with Crippen molar-refractivity contribution in [1.82, 2.24) is 0 Å². The first-order valence-electron chi connectivity index (χ1n) is 13.2. The van der Waals surface area contributed by atoms with Crippen LogP contribution in [0.15, 0.2) is 0 Å². The summed E-state index contributed by atoms with van der Waals surface area (Å²) < 4.78 is 59.9. The summed E-state index contributed by atoms with van der Waals surface area (Å²) in [7, 11) is -5.43. The van der Waals surface area contributed by atoms with E-state index in [1.54, 1.807) is 0 Å². The highest BCUT2D eigenvalue weighted by atomic mass is 28.4.